The van der Waals surface area contributed by atoms with Crippen molar-refractivity contribution in [1.29, 1.82) is 0 Å². The smallest absolute Gasteiger partial charge is 0.347 e. The number of rotatable bonds is 6. The molecule has 0 heterocycles. The molecule has 0 spiro atoms. The molecule has 1 unspecified atom stereocenters. The minimum absolute atomic E-state index is 0.303. The molecule has 19 heavy (non-hydrogen) atoms. The molecule has 0 aliphatic carbocycles. The van der Waals surface area contributed by atoms with Crippen LogP contribution in [0.1, 0.15) is 45.6 Å². The summed E-state index contributed by atoms with van der Waals surface area (Å²) in [7, 11) is 0. The summed E-state index contributed by atoms with van der Waals surface area (Å²) in [6.07, 6.45) is 0.0468. The zero-order valence-electron chi connectivity index (χ0n) is 11.9. The highest BCUT2D eigenvalue weighted by molar-refractivity contribution is 9.10. The molecule has 0 saturated heterocycles. The van der Waals surface area contributed by atoms with Gasteiger partial charge in [-0.05, 0) is 43.0 Å². The number of carbonyl (C=O) groups is 1. The van der Waals surface area contributed by atoms with Gasteiger partial charge in [-0.2, -0.15) is 0 Å². The molecule has 0 N–H and O–H groups in total. The van der Waals surface area contributed by atoms with Crippen LogP contribution in [0.4, 0.5) is 0 Å². The molecule has 0 aliphatic heterocycles. The van der Waals surface area contributed by atoms with Crippen molar-refractivity contribution in [3.05, 3.63) is 28.2 Å². The Morgan fingerprint density at radius 3 is 2.53 bits per heavy atom. The van der Waals surface area contributed by atoms with Crippen LogP contribution in [-0.2, 0) is 9.53 Å². The zero-order valence-corrected chi connectivity index (χ0v) is 13.5. The van der Waals surface area contributed by atoms with Crippen LogP contribution in [0.25, 0.3) is 0 Å². The molecule has 1 aromatic rings. The Morgan fingerprint density at radius 2 is 2.00 bits per heavy atom. The number of halogens is 1. The average molecular weight is 329 g/mol. The van der Waals surface area contributed by atoms with Crippen molar-refractivity contribution in [2.24, 2.45) is 0 Å². The molecule has 1 aromatic carbocycles. The molecule has 0 fully saturated rings. The molecule has 1 rings (SSSR count). The zero-order chi connectivity index (χ0) is 14.4. The van der Waals surface area contributed by atoms with Crippen LogP contribution in [0.15, 0.2) is 22.7 Å². The van der Waals surface area contributed by atoms with Crippen molar-refractivity contribution in [3.63, 3.8) is 0 Å². The Labute approximate surface area is 123 Å². The van der Waals surface area contributed by atoms with Gasteiger partial charge in [-0.3, -0.25) is 0 Å². The van der Waals surface area contributed by atoms with Crippen molar-refractivity contribution in [3.8, 4) is 5.75 Å². The first kappa shape index (κ1) is 16.0. The van der Waals surface area contributed by atoms with E-state index in [1.54, 1.807) is 6.92 Å². The van der Waals surface area contributed by atoms with E-state index in [9.17, 15) is 4.79 Å². The lowest BCUT2D eigenvalue weighted by Crippen LogP contribution is -2.29. The van der Waals surface area contributed by atoms with E-state index in [-0.39, 0.29) is 5.97 Å². The summed E-state index contributed by atoms with van der Waals surface area (Å²) in [5.74, 6) is 0.771. The first-order chi connectivity index (χ1) is 8.99. The normalized spacial score (nSPS) is 12.3. The van der Waals surface area contributed by atoms with Crippen molar-refractivity contribution >= 4 is 21.9 Å². The molecular weight excluding hydrogens is 308 g/mol. The summed E-state index contributed by atoms with van der Waals surface area (Å²) in [4.78, 5) is 11.8. The monoisotopic (exact) mass is 328 g/mol. The summed E-state index contributed by atoms with van der Waals surface area (Å²) in [5.41, 5.74) is 1.08. The highest BCUT2D eigenvalue weighted by Crippen LogP contribution is 2.30. The fraction of sp³-hybridized carbons (Fsp3) is 0.533. The van der Waals surface area contributed by atoms with Gasteiger partial charge in [0.25, 0.3) is 0 Å². The molecule has 0 aromatic heterocycles. The Morgan fingerprint density at radius 1 is 1.32 bits per heavy atom. The maximum atomic E-state index is 11.8. The minimum Gasteiger partial charge on any atom is -0.478 e. The number of ether oxygens (including phenoxy) is 2. The predicted octanol–water partition coefficient (Wildman–Crippen LogP) is 4.29. The van der Waals surface area contributed by atoms with Crippen LogP contribution in [0.2, 0.25) is 0 Å². The fourth-order valence-electron chi connectivity index (χ4n) is 1.76. The molecule has 0 radical (unpaired) electrons. The Kier molecular flexibility index (Phi) is 6.35. The molecule has 1 atom stereocenters. The Bertz CT molecular complexity index is 429. The second-order valence-electron chi connectivity index (χ2n) is 4.60. The van der Waals surface area contributed by atoms with Crippen molar-refractivity contribution in [1.82, 2.24) is 0 Å². The van der Waals surface area contributed by atoms with Gasteiger partial charge < -0.3 is 9.47 Å². The van der Waals surface area contributed by atoms with E-state index in [0.29, 0.717) is 18.9 Å². The van der Waals surface area contributed by atoms with Gasteiger partial charge in [0.05, 0.1) is 6.61 Å². The highest BCUT2D eigenvalue weighted by Gasteiger charge is 2.21. The average Bonchev–Trinajstić information content (AvgIpc) is 2.37. The van der Waals surface area contributed by atoms with Crippen LogP contribution in [0.5, 0.6) is 5.75 Å². The summed E-state index contributed by atoms with van der Waals surface area (Å²) >= 11 is 3.45. The Balaban J connectivity index is 2.93. The van der Waals surface area contributed by atoms with E-state index in [1.807, 2.05) is 25.1 Å². The maximum absolute atomic E-state index is 11.8. The Hall–Kier alpha value is -1.03. The fourth-order valence-corrected chi connectivity index (χ4v) is 2.14. The van der Waals surface area contributed by atoms with Crippen LogP contribution in [0, 0.1) is 0 Å². The van der Waals surface area contributed by atoms with Gasteiger partial charge in [0.15, 0.2) is 6.10 Å². The van der Waals surface area contributed by atoms with E-state index in [0.717, 1.165) is 15.8 Å². The van der Waals surface area contributed by atoms with E-state index in [1.165, 1.54) is 0 Å². The van der Waals surface area contributed by atoms with E-state index in [2.05, 4.69) is 29.8 Å². The molecule has 0 saturated carbocycles. The summed E-state index contributed by atoms with van der Waals surface area (Å²) in [5, 5.41) is 0. The van der Waals surface area contributed by atoms with Gasteiger partial charge in [0.1, 0.15) is 5.75 Å². The lowest BCUT2D eigenvalue weighted by atomic mass is 10.0. The standard InChI is InChI=1S/C15H21BrO3/c1-5-13(15(17)18-6-2)19-14-8-7-11(16)9-12(14)10(3)4/h7-10,13H,5-6H2,1-4H3. The quantitative estimate of drug-likeness (QED) is 0.730. The first-order valence-electron chi connectivity index (χ1n) is 6.62. The topological polar surface area (TPSA) is 35.5 Å². The van der Waals surface area contributed by atoms with E-state index in [4.69, 9.17) is 9.47 Å². The largest absolute Gasteiger partial charge is 0.478 e. The number of hydrogen-bond acceptors (Lipinski definition) is 3. The van der Waals surface area contributed by atoms with Gasteiger partial charge in [-0.15, -0.1) is 0 Å². The van der Waals surface area contributed by atoms with E-state index >= 15 is 0 Å². The van der Waals surface area contributed by atoms with Gasteiger partial charge in [0, 0.05) is 4.47 Å². The third kappa shape index (κ3) is 4.53. The molecule has 0 bridgehead atoms. The van der Waals surface area contributed by atoms with Crippen LogP contribution < -0.4 is 4.74 Å². The third-order valence-corrected chi connectivity index (χ3v) is 3.28. The molecule has 4 heteroatoms. The predicted molar refractivity (Wildman–Crippen MR) is 79.6 cm³/mol. The lowest BCUT2D eigenvalue weighted by Gasteiger charge is -2.20. The number of benzene rings is 1. The van der Waals surface area contributed by atoms with Crippen molar-refractivity contribution in [2.45, 2.75) is 46.1 Å². The number of esters is 1. The summed E-state index contributed by atoms with van der Waals surface area (Å²) in [6.45, 7) is 8.27. The van der Waals surface area contributed by atoms with Crippen LogP contribution in [0.3, 0.4) is 0 Å². The third-order valence-electron chi connectivity index (χ3n) is 2.78. The maximum Gasteiger partial charge on any atom is 0.347 e. The molecular formula is C15H21BrO3. The van der Waals surface area contributed by atoms with E-state index < -0.39 is 6.10 Å². The van der Waals surface area contributed by atoms with Gasteiger partial charge in [-0.25, -0.2) is 4.79 Å². The SMILES string of the molecule is CCOC(=O)C(CC)Oc1ccc(Br)cc1C(C)C. The number of hydrogen-bond donors (Lipinski definition) is 0. The first-order valence-corrected chi connectivity index (χ1v) is 7.41. The van der Waals surface area contributed by atoms with Crippen LogP contribution in [-0.4, -0.2) is 18.7 Å². The second-order valence-corrected chi connectivity index (χ2v) is 5.52. The molecule has 0 aliphatic rings. The molecule has 0 amide bonds. The summed E-state index contributed by atoms with van der Waals surface area (Å²) < 4.78 is 11.9. The molecule has 106 valence electrons. The van der Waals surface area contributed by atoms with Crippen molar-refractivity contribution < 1.29 is 14.3 Å². The van der Waals surface area contributed by atoms with Gasteiger partial charge >= 0.3 is 5.97 Å². The minimum atomic E-state index is -0.543. The van der Waals surface area contributed by atoms with Gasteiger partial charge in [0.2, 0.25) is 0 Å². The number of carbonyl (C=O) groups excluding carboxylic acids is 1. The highest BCUT2D eigenvalue weighted by atomic mass is 79.9. The van der Waals surface area contributed by atoms with Crippen molar-refractivity contribution in [2.75, 3.05) is 6.61 Å². The van der Waals surface area contributed by atoms with Gasteiger partial charge in [-0.1, -0.05) is 36.7 Å². The summed E-state index contributed by atoms with van der Waals surface area (Å²) in [6, 6.07) is 5.83. The second kappa shape index (κ2) is 7.53. The lowest BCUT2D eigenvalue weighted by molar-refractivity contribution is -0.151. The van der Waals surface area contributed by atoms with Crippen LogP contribution >= 0.6 is 15.9 Å². The molecule has 3 nitrogen and oxygen atoms in total.